The van der Waals surface area contributed by atoms with Gasteiger partial charge in [0, 0.05) is 32.4 Å². The molecule has 2 aromatic carbocycles. The van der Waals surface area contributed by atoms with Gasteiger partial charge < -0.3 is 26.8 Å². The average molecular weight is 483 g/mol. The van der Waals surface area contributed by atoms with Crippen molar-refractivity contribution in [2.45, 2.75) is 70.6 Å². The van der Waals surface area contributed by atoms with Crippen LogP contribution in [0.4, 0.5) is 0 Å². The number of hydrogen-bond acceptors (Lipinski definition) is 5. The van der Waals surface area contributed by atoms with Gasteiger partial charge in [-0.05, 0) is 34.6 Å². The van der Waals surface area contributed by atoms with Gasteiger partial charge >= 0.3 is 0 Å². The number of primary amides is 1. The molecule has 0 aromatic heterocycles. The van der Waals surface area contributed by atoms with Crippen molar-refractivity contribution in [1.29, 1.82) is 0 Å². The lowest BCUT2D eigenvalue weighted by molar-refractivity contribution is -0.142. The van der Waals surface area contributed by atoms with Crippen molar-refractivity contribution >= 4 is 28.5 Å². The summed E-state index contributed by atoms with van der Waals surface area (Å²) >= 11 is 0. The van der Waals surface area contributed by atoms with E-state index in [2.05, 4.69) is 5.32 Å². The summed E-state index contributed by atoms with van der Waals surface area (Å²) in [6.45, 7) is 6.35. The number of benzene rings is 2. The molecule has 8 heteroatoms. The van der Waals surface area contributed by atoms with Gasteiger partial charge in [0.2, 0.25) is 17.7 Å². The Morgan fingerprint density at radius 3 is 2.46 bits per heavy atom. The minimum Gasteiger partial charge on any atom is -0.392 e. The first-order valence-corrected chi connectivity index (χ1v) is 12.2. The molecule has 3 amide bonds. The van der Waals surface area contributed by atoms with Gasteiger partial charge in [0.25, 0.3) is 0 Å². The van der Waals surface area contributed by atoms with E-state index >= 15 is 0 Å². The maximum Gasteiger partial charge on any atom is 0.243 e. The van der Waals surface area contributed by atoms with Crippen molar-refractivity contribution in [3.8, 4) is 0 Å². The van der Waals surface area contributed by atoms with E-state index in [1.165, 1.54) is 0 Å². The first-order chi connectivity index (χ1) is 16.4. The number of aliphatic hydroxyl groups is 1. The summed E-state index contributed by atoms with van der Waals surface area (Å²) in [5, 5.41) is 15.3. The predicted molar refractivity (Wildman–Crippen MR) is 136 cm³/mol. The van der Waals surface area contributed by atoms with Gasteiger partial charge in [-0.15, -0.1) is 0 Å². The summed E-state index contributed by atoms with van der Waals surface area (Å²) in [6, 6.07) is 12.9. The number of fused-ring (bicyclic) bond motifs is 1. The first kappa shape index (κ1) is 26.6. The quantitative estimate of drug-likeness (QED) is 0.432. The largest absolute Gasteiger partial charge is 0.392 e. The van der Waals surface area contributed by atoms with Gasteiger partial charge in [0.15, 0.2) is 0 Å². The summed E-state index contributed by atoms with van der Waals surface area (Å²) in [6.07, 6.45) is 0.462. The maximum absolute atomic E-state index is 13.5. The Kier molecular flexibility index (Phi) is 8.18. The molecule has 8 nitrogen and oxygen atoms in total. The van der Waals surface area contributed by atoms with Gasteiger partial charge in [0.05, 0.1) is 6.10 Å². The molecule has 0 bridgehead atoms. The highest BCUT2D eigenvalue weighted by molar-refractivity contribution is 5.94. The summed E-state index contributed by atoms with van der Waals surface area (Å²) in [5.74, 6) is -1.28. The fourth-order valence-electron chi connectivity index (χ4n) is 4.81. The Labute approximate surface area is 207 Å². The number of amides is 3. The van der Waals surface area contributed by atoms with E-state index < -0.39 is 29.5 Å². The van der Waals surface area contributed by atoms with Crippen LogP contribution >= 0.6 is 0 Å². The molecule has 190 valence electrons. The monoisotopic (exact) mass is 482 g/mol. The SMILES string of the molecule is CC(C)(C)CC(=O)N1CCC[C@H]1C(=O)N[C@](Cc1ccc2ccccc2c1)(CC(O)CN)C(N)=O. The molecule has 0 saturated carbocycles. The highest BCUT2D eigenvalue weighted by atomic mass is 16.3. The van der Waals surface area contributed by atoms with Crippen LogP contribution < -0.4 is 16.8 Å². The molecule has 3 rings (SSSR count). The van der Waals surface area contributed by atoms with Crippen molar-refractivity contribution < 1.29 is 19.5 Å². The van der Waals surface area contributed by atoms with Crippen LogP contribution in [0.25, 0.3) is 10.8 Å². The van der Waals surface area contributed by atoms with E-state index in [0.29, 0.717) is 25.8 Å². The minimum atomic E-state index is -1.56. The standard InChI is InChI=1S/C27H38N4O4/c1-26(2,3)16-23(33)31-12-6-9-22(31)24(34)30-27(25(29)35,15-21(32)17-28)14-18-10-11-19-7-4-5-8-20(19)13-18/h4-5,7-8,10-11,13,21-22,32H,6,9,12,14-17,28H2,1-3H3,(H2,29,35)(H,30,34)/t21?,22-,27+/m0/s1. The lowest BCUT2D eigenvalue weighted by atomic mass is 9.83. The smallest absolute Gasteiger partial charge is 0.243 e. The molecular formula is C27H38N4O4. The van der Waals surface area contributed by atoms with Crippen LogP contribution in [0.1, 0.15) is 52.0 Å². The number of carbonyl (C=O) groups is 3. The second kappa shape index (κ2) is 10.7. The van der Waals surface area contributed by atoms with Gasteiger partial charge in [-0.1, -0.05) is 63.2 Å². The topological polar surface area (TPSA) is 139 Å². The number of nitrogens with two attached hydrogens (primary N) is 2. The Morgan fingerprint density at radius 1 is 1.14 bits per heavy atom. The Hall–Kier alpha value is -2.97. The van der Waals surface area contributed by atoms with Gasteiger partial charge in [-0.3, -0.25) is 14.4 Å². The van der Waals surface area contributed by atoms with E-state index in [-0.39, 0.29) is 30.7 Å². The Balaban J connectivity index is 1.90. The number of nitrogens with zero attached hydrogens (tertiary/aromatic N) is 1. The number of hydrogen-bond donors (Lipinski definition) is 4. The molecule has 35 heavy (non-hydrogen) atoms. The second-order valence-corrected chi connectivity index (χ2v) is 10.9. The number of aliphatic hydroxyl groups excluding tert-OH is 1. The van der Waals surface area contributed by atoms with Crippen LogP contribution in [0.15, 0.2) is 42.5 Å². The molecule has 0 radical (unpaired) electrons. The zero-order valence-electron chi connectivity index (χ0n) is 20.9. The molecular weight excluding hydrogens is 444 g/mol. The van der Waals surface area contributed by atoms with Gasteiger partial charge in [-0.2, -0.15) is 0 Å². The van der Waals surface area contributed by atoms with Crippen LogP contribution in [0.3, 0.4) is 0 Å². The van der Waals surface area contributed by atoms with Crippen LogP contribution in [0.5, 0.6) is 0 Å². The average Bonchev–Trinajstić information content (AvgIpc) is 3.28. The summed E-state index contributed by atoms with van der Waals surface area (Å²) in [4.78, 5) is 40.9. The molecule has 1 aliphatic heterocycles. The van der Waals surface area contributed by atoms with E-state index in [1.54, 1.807) is 4.90 Å². The van der Waals surface area contributed by atoms with E-state index in [4.69, 9.17) is 11.5 Å². The fraction of sp³-hybridized carbons (Fsp3) is 0.519. The summed E-state index contributed by atoms with van der Waals surface area (Å²) < 4.78 is 0. The summed E-state index contributed by atoms with van der Waals surface area (Å²) in [7, 11) is 0. The van der Waals surface area contributed by atoms with E-state index in [9.17, 15) is 19.5 Å². The van der Waals surface area contributed by atoms with Crippen molar-refractivity contribution in [2.75, 3.05) is 13.1 Å². The third-order valence-corrected chi connectivity index (χ3v) is 6.57. The highest BCUT2D eigenvalue weighted by Crippen LogP contribution is 2.27. The number of carbonyl (C=O) groups excluding carboxylic acids is 3. The number of nitrogens with one attached hydrogen (secondary N) is 1. The Bertz CT molecular complexity index is 1080. The molecule has 3 atom stereocenters. The Morgan fingerprint density at radius 2 is 1.83 bits per heavy atom. The molecule has 2 aromatic rings. The molecule has 1 saturated heterocycles. The van der Waals surface area contributed by atoms with Gasteiger partial charge in [-0.25, -0.2) is 0 Å². The number of likely N-dealkylation sites (tertiary alicyclic amines) is 1. The van der Waals surface area contributed by atoms with Crippen LogP contribution in [0, 0.1) is 5.41 Å². The van der Waals surface area contributed by atoms with Crippen LogP contribution in [0.2, 0.25) is 0 Å². The first-order valence-electron chi connectivity index (χ1n) is 12.2. The van der Waals surface area contributed by atoms with Crippen molar-refractivity contribution in [2.24, 2.45) is 16.9 Å². The van der Waals surface area contributed by atoms with Crippen LogP contribution in [-0.4, -0.2) is 58.5 Å². The molecule has 0 spiro atoms. The highest BCUT2D eigenvalue weighted by Gasteiger charge is 2.44. The fourth-order valence-corrected chi connectivity index (χ4v) is 4.81. The lowest BCUT2D eigenvalue weighted by Crippen LogP contribution is -2.63. The zero-order valence-corrected chi connectivity index (χ0v) is 20.9. The van der Waals surface area contributed by atoms with E-state index in [0.717, 1.165) is 16.3 Å². The van der Waals surface area contributed by atoms with Gasteiger partial charge in [0.1, 0.15) is 11.6 Å². The molecule has 1 unspecified atom stereocenters. The molecule has 6 N–H and O–H groups in total. The molecule has 1 heterocycles. The minimum absolute atomic E-state index is 0.0811. The predicted octanol–water partition coefficient (Wildman–Crippen LogP) is 1.86. The summed E-state index contributed by atoms with van der Waals surface area (Å²) in [5.41, 5.74) is 10.6. The number of rotatable bonds is 9. The van der Waals surface area contributed by atoms with E-state index in [1.807, 2.05) is 63.2 Å². The maximum atomic E-state index is 13.5. The zero-order chi connectivity index (χ0) is 25.8. The van der Waals surface area contributed by atoms with Crippen molar-refractivity contribution in [3.05, 3.63) is 48.0 Å². The molecule has 1 fully saturated rings. The molecule has 1 aliphatic rings. The second-order valence-electron chi connectivity index (χ2n) is 10.9. The van der Waals surface area contributed by atoms with Crippen molar-refractivity contribution in [1.82, 2.24) is 10.2 Å². The van der Waals surface area contributed by atoms with Crippen LogP contribution in [-0.2, 0) is 20.8 Å². The third kappa shape index (κ3) is 6.58. The normalized spacial score (nSPS) is 18.8. The molecule has 0 aliphatic carbocycles. The lowest BCUT2D eigenvalue weighted by Gasteiger charge is -2.36. The third-order valence-electron chi connectivity index (χ3n) is 6.57. The van der Waals surface area contributed by atoms with Crippen molar-refractivity contribution in [3.63, 3.8) is 0 Å².